The summed E-state index contributed by atoms with van der Waals surface area (Å²) in [5.74, 6) is -0.225. The lowest BCUT2D eigenvalue weighted by molar-refractivity contribution is -0.139. The van der Waals surface area contributed by atoms with Gasteiger partial charge in [-0.2, -0.15) is 0 Å². The fourth-order valence-electron chi connectivity index (χ4n) is 2.50. The smallest absolute Gasteiger partial charge is 0.242 e. The van der Waals surface area contributed by atoms with Crippen molar-refractivity contribution in [2.45, 2.75) is 52.1 Å². The Morgan fingerprint density at radius 3 is 2.32 bits per heavy atom. The van der Waals surface area contributed by atoms with E-state index in [9.17, 15) is 9.59 Å². The quantitative estimate of drug-likeness (QED) is 0.644. The molecule has 0 aromatic carbocycles. The predicted octanol–water partition coefficient (Wildman–Crippen LogP) is 0.844. The maximum atomic E-state index is 12.6. The van der Waals surface area contributed by atoms with Gasteiger partial charge in [-0.05, 0) is 46.2 Å². The third-order valence-corrected chi connectivity index (χ3v) is 4.20. The number of nitrogens with one attached hydrogen (secondary N) is 3. The number of hydrogen-bond donors (Lipinski definition) is 3. The molecule has 6 nitrogen and oxygen atoms in total. The van der Waals surface area contributed by atoms with Crippen LogP contribution in [-0.2, 0) is 14.3 Å². The first kappa shape index (κ1) is 21.1. The topological polar surface area (TPSA) is 79.5 Å². The summed E-state index contributed by atoms with van der Waals surface area (Å²) in [7, 11) is 1.61. The van der Waals surface area contributed by atoms with E-state index in [2.05, 4.69) is 16.0 Å². The van der Waals surface area contributed by atoms with Crippen molar-refractivity contribution in [1.29, 1.82) is 0 Å². The fourth-order valence-corrected chi connectivity index (χ4v) is 2.50. The molecule has 2 unspecified atom stereocenters. The first-order valence-corrected chi connectivity index (χ1v) is 7.76. The molecular weight excluding hydrogens is 306 g/mol. The highest BCUT2D eigenvalue weighted by atomic mass is 35.5. The third kappa shape index (κ3) is 5.74. The molecule has 0 aromatic heterocycles. The van der Waals surface area contributed by atoms with Crippen LogP contribution in [-0.4, -0.2) is 50.7 Å². The summed E-state index contributed by atoms with van der Waals surface area (Å²) < 4.78 is 5.24. The highest BCUT2D eigenvalue weighted by Crippen LogP contribution is 2.29. The van der Waals surface area contributed by atoms with Gasteiger partial charge in [-0.25, -0.2) is 0 Å². The van der Waals surface area contributed by atoms with E-state index in [1.807, 2.05) is 13.8 Å². The SMILES string of the molecule is CCC(C)NC(=O)C(C)NC(=O)C1(COC)CCNCC1.Cl. The Morgan fingerprint density at radius 1 is 1.23 bits per heavy atom. The largest absolute Gasteiger partial charge is 0.384 e. The molecule has 7 heteroatoms. The van der Waals surface area contributed by atoms with E-state index in [0.29, 0.717) is 6.61 Å². The first-order valence-electron chi connectivity index (χ1n) is 7.76. The van der Waals surface area contributed by atoms with Gasteiger partial charge in [0.25, 0.3) is 0 Å². The van der Waals surface area contributed by atoms with Crippen LogP contribution in [0.4, 0.5) is 0 Å². The summed E-state index contributed by atoms with van der Waals surface area (Å²) in [5, 5.41) is 8.98. The van der Waals surface area contributed by atoms with E-state index < -0.39 is 11.5 Å². The lowest BCUT2D eigenvalue weighted by atomic mass is 9.78. The van der Waals surface area contributed by atoms with Gasteiger partial charge in [0.2, 0.25) is 11.8 Å². The number of ether oxygens (including phenoxy) is 1. The highest BCUT2D eigenvalue weighted by molar-refractivity contribution is 5.90. The van der Waals surface area contributed by atoms with Crippen molar-refractivity contribution in [1.82, 2.24) is 16.0 Å². The number of rotatable bonds is 7. The van der Waals surface area contributed by atoms with Gasteiger partial charge in [0, 0.05) is 13.2 Å². The molecule has 0 aliphatic carbocycles. The maximum absolute atomic E-state index is 12.6. The van der Waals surface area contributed by atoms with Gasteiger partial charge in [0.05, 0.1) is 12.0 Å². The zero-order chi connectivity index (χ0) is 15.9. The summed E-state index contributed by atoms with van der Waals surface area (Å²) in [6.07, 6.45) is 2.32. The van der Waals surface area contributed by atoms with Gasteiger partial charge < -0.3 is 20.7 Å². The van der Waals surface area contributed by atoms with Gasteiger partial charge in [-0.1, -0.05) is 6.92 Å². The summed E-state index contributed by atoms with van der Waals surface area (Å²) in [6.45, 7) is 7.66. The molecule has 3 N–H and O–H groups in total. The maximum Gasteiger partial charge on any atom is 0.242 e. The Bertz CT molecular complexity index is 354. The molecule has 2 atom stereocenters. The van der Waals surface area contributed by atoms with Gasteiger partial charge in [0.15, 0.2) is 0 Å². The number of halogens is 1. The van der Waals surface area contributed by atoms with Crippen molar-refractivity contribution in [2.24, 2.45) is 5.41 Å². The minimum Gasteiger partial charge on any atom is -0.384 e. The third-order valence-electron chi connectivity index (χ3n) is 4.20. The molecule has 0 aromatic rings. The van der Waals surface area contributed by atoms with Crippen molar-refractivity contribution in [3.8, 4) is 0 Å². The second-order valence-corrected chi connectivity index (χ2v) is 5.98. The molecule has 1 aliphatic rings. The lowest BCUT2D eigenvalue weighted by Gasteiger charge is -2.36. The number of hydrogen-bond acceptors (Lipinski definition) is 4. The number of amides is 2. The summed E-state index contributed by atoms with van der Waals surface area (Å²) >= 11 is 0. The number of carbonyl (C=O) groups excluding carboxylic acids is 2. The molecule has 0 spiro atoms. The number of piperidine rings is 1. The average Bonchev–Trinajstić information content (AvgIpc) is 2.48. The Kier molecular flexibility index (Phi) is 9.64. The Labute approximate surface area is 139 Å². The Morgan fingerprint density at radius 2 is 1.82 bits per heavy atom. The summed E-state index contributed by atoms with van der Waals surface area (Å²) in [6, 6.07) is -0.418. The molecular formula is C15H30ClN3O3. The van der Waals surface area contributed by atoms with Crippen LogP contribution in [0.25, 0.3) is 0 Å². The molecule has 130 valence electrons. The van der Waals surface area contributed by atoms with Crippen LogP contribution >= 0.6 is 12.4 Å². The molecule has 1 rings (SSSR count). The first-order chi connectivity index (χ1) is 9.95. The molecule has 22 heavy (non-hydrogen) atoms. The summed E-state index contributed by atoms with van der Waals surface area (Å²) in [4.78, 5) is 24.6. The monoisotopic (exact) mass is 335 g/mol. The minimum atomic E-state index is -0.532. The second-order valence-electron chi connectivity index (χ2n) is 5.98. The second kappa shape index (κ2) is 10.0. The van der Waals surface area contributed by atoms with Crippen LogP contribution < -0.4 is 16.0 Å². The molecule has 1 saturated heterocycles. The molecule has 2 amide bonds. The number of methoxy groups -OCH3 is 1. The van der Waals surface area contributed by atoms with Crippen LogP contribution in [0.3, 0.4) is 0 Å². The van der Waals surface area contributed by atoms with Crippen molar-refractivity contribution in [3.63, 3.8) is 0 Å². The van der Waals surface area contributed by atoms with Crippen LogP contribution in [0.2, 0.25) is 0 Å². The van der Waals surface area contributed by atoms with Gasteiger partial charge in [0.1, 0.15) is 6.04 Å². The Balaban J connectivity index is 0.00000441. The Hall–Kier alpha value is -0.850. The average molecular weight is 336 g/mol. The van der Waals surface area contributed by atoms with Crippen molar-refractivity contribution in [3.05, 3.63) is 0 Å². The van der Waals surface area contributed by atoms with Gasteiger partial charge in [-0.15, -0.1) is 12.4 Å². The van der Waals surface area contributed by atoms with E-state index >= 15 is 0 Å². The molecule has 0 saturated carbocycles. The van der Waals surface area contributed by atoms with Crippen LogP contribution in [0, 0.1) is 5.41 Å². The minimum absolute atomic E-state index is 0. The molecule has 0 bridgehead atoms. The highest BCUT2D eigenvalue weighted by Gasteiger charge is 2.40. The van der Waals surface area contributed by atoms with Crippen molar-refractivity contribution < 1.29 is 14.3 Å². The van der Waals surface area contributed by atoms with E-state index in [4.69, 9.17) is 4.74 Å². The molecule has 1 heterocycles. The number of carbonyl (C=O) groups is 2. The van der Waals surface area contributed by atoms with E-state index in [0.717, 1.165) is 32.4 Å². The fraction of sp³-hybridized carbons (Fsp3) is 0.867. The van der Waals surface area contributed by atoms with E-state index in [1.54, 1.807) is 14.0 Å². The lowest BCUT2D eigenvalue weighted by Crippen LogP contribution is -2.55. The normalized spacial score (nSPS) is 19.5. The van der Waals surface area contributed by atoms with E-state index in [1.165, 1.54) is 0 Å². The van der Waals surface area contributed by atoms with Crippen LogP contribution in [0.5, 0.6) is 0 Å². The van der Waals surface area contributed by atoms with Gasteiger partial charge in [-0.3, -0.25) is 9.59 Å². The van der Waals surface area contributed by atoms with Crippen LogP contribution in [0.1, 0.15) is 40.0 Å². The van der Waals surface area contributed by atoms with Crippen molar-refractivity contribution in [2.75, 3.05) is 26.8 Å². The standard InChI is InChI=1S/C15H29N3O3.ClH/c1-5-11(2)17-13(19)12(3)18-14(20)15(10-21-4)6-8-16-9-7-15;/h11-12,16H,5-10H2,1-4H3,(H,17,19)(H,18,20);1H. The predicted molar refractivity (Wildman–Crippen MR) is 89.2 cm³/mol. The molecule has 1 fully saturated rings. The molecule has 1 aliphatic heterocycles. The van der Waals surface area contributed by atoms with Gasteiger partial charge >= 0.3 is 0 Å². The van der Waals surface area contributed by atoms with Crippen LogP contribution in [0.15, 0.2) is 0 Å². The summed E-state index contributed by atoms with van der Waals surface area (Å²) in [5.41, 5.74) is -0.523. The zero-order valence-corrected chi connectivity index (χ0v) is 14.8. The van der Waals surface area contributed by atoms with Crippen molar-refractivity contribution >= 4 is 24.2 Å². The van der Waals surface area contributed by atoms with E-state index in [-0.39, 0.29) is 30.3 Å². The zero-order valence-electron chi connectivity index (χ0n) is 14.0. The molecule has 0 radical (unpaired) electrons.